The van der Waals surface area contributed by atoms with Crippen LogP contribution in [-0.4, -0.2) is 59.5 Å². The molecule has 0 bridgehead atoms. The molecule has 2 aromatic rings. The van der Waals surface area contributed by atoms with Crippen LogP contribution < -0.4 is 0 Å². The second-order valence-electron chi connectivity index (χ2n) is 7.22. The van der Waals surface area contributed by atoms with Gasteiger partial charge in [-0.2, -0.15) is 0 Å². The highest BCUT2D eigenvalue weighted by atomic mass is 16.5. The summed E-state index contributed by atoms with van der Waals surface area (Å²) in [6.07, 6.45) is 4.62. The number of hydrogen-bond donors (Lipinski definition) is 0. The van der Waals surface area contributed by atoms with Crippen LogP contribution in [0.3, 0.4) is 0 Å². The second kappa shape index (κ2) is 12.1. The summed E-state index contributed by atoms with van der Waals surface area (Å²) >= 11 is 0. The van der Waals surface area contributed by atoms with E-state index in [0.29, 0.717) is 38.2 Å². The highest BCUT2D eigenvalue weighted by Gasteiger charge is 2.22. The number of benzene rings is 1. The lowest BCUT2D eigenvalue weighted by Crippen LogP contribution is -2.43. The maximum absolute atomic E-state index is 13.2. The molecular formula is C23H33N3O3. The van der Waals surface area contributed by atoms with Crippen LogP contribution in [0.25, 0.3) is 0 Å². The van der Waals surface area contributed by atoms with Crippen LogP contribution in [0.15, 0.2) is 48.7 Å². The topological polar surface area (TPSA) is 54.8 Å². The normalized spacial score (nSPS) is 10.7. The van der Waals surface area contributed by atoms with Gasteiger partial charge in [-0.1, -0.05) is 31.5 Å². The second-order valence-corrected chi connectivity index (χ2v) is 7.22. The van der Waals surface area contributed by atoms with Gasteiger partial charge in [0, 0.05) is 51.3 Å². The average molecular weight is 400 g/mol. The Morgan fingerprint density at radius 1 is 1.00 bits per heavy atom. The molecule has 0 radical (unpaired) electrons. The third-order valence-electron chi connectivity index (χ3n) is 4.95. The lowest BCUT2D eigenvalue weighted by Gasteiger charge is -2.28. The molecule has 1 heterocycles. The number of ether oxygens (including phenoxy) is 1. The van der Waals surface area contributed by atoms with E-state index in [9.17, 15) is 9.59 Å². The lowest BCUT2D eigenvalue weighted by molar-refractivity contribution is -0.132. The minimum Gasteiger partial charge on any atom is -0.385 e. The molecule has 0 aliphatic rings. The number of unbranched alkanes of at least 4 members (excludes halogenated alkanes) is 1. The molecule has 0 spiro atoms. The average Bonchev–Trinajstić information content (AvgIpc) is 3.14. The van der Waals surface area contributed by atoms with Gasteiger partial charge in [0.15, 0.2) is 0 Å². The molecule has 0 aliphatic carbocycles. The Hall–Kier alpha value is -2.60. The molecule has 0 N–H and O–H groups in total. The van der Waals surface area contributed by atoms with Crippen LogP contribution in [0.1, 0.15) is 42.2 Å². The van der Waals surface area contributed by atoms with Gasteiger partial charge in [0.05, 0.1) is 6.54 Å². The highest BCUT2D eigenvalue weighted by molar-refractivity contribution is 5.96. The SMILES string of the molecule is CCCCN(Cc1cccn1C)C(=O)CN(CCCOC)C(=O)c1ccccc1. The van der Waals surface area contributed by atoms with Gasteiger partial charge in [0.2, 0.25) is 5.91 Å². The first kappa shape index (κ1) is 22.7. The number of hydrogen-bond acceptors (Lipinski definition) is 3. The maximum Gasteiger partial charge on any atom is 0.254 e. The Morgan fingerprint density at radius 3 is 2.34 bits per heavy atom. The van der Waals surface area contributed by atoms with Crippen LogP contribution in [0, 0.1) is 0 Å². The van der Waals surface area contributed by atoms with Crippen molar-refractivity contribution in [3.63, 3.8) is 0 Å². The maximum atomic E-state index is 13.2. The van der Waals surface area contributed by atoms with E-state index in [1.807, 2.05) is 53.0 Å². The molecular weight excluding hydrogens is 366 g/mol. The van der Waals surface area contributed by atoms with E-state index >= 15 is 0 Å². The summed E-state index contributed by atoms with van der Waals surface area (Å²) in [5.41, 5.74) is 1.68. The molecule has 0 unspecified atom stereocenters. The Kier molecular flexibility index (Phi) is 9.44. The number of carbonyl (C=O) groups excluding carboxylic acids is 2. The quantitative estimate of drug-likeness (QED) is 0.515. The largest absolute Gasteiger partial charge is 0.385 e. The third-order valence-corrected chi connectivity index (χ3v) is 4.95. The van der Waals surface area contributed by atoms with Gasteiger partial charge in [-0.3, -0.25) is 9.59 Å². The number of amides is 2. The van der Waals surface area contributed by atoms with Crippen LogP contribution >= 0.6 is 0 Å². The molecule has 1 aromatic carbocycles. The van der Waals surface area contributed by atoms with Crippen molar-refractivity contribution in [1.29, 1.82) is 0 Å². The first-order valence-corrected chi connectivity index (χ1v) is 10.3. The van der Waals surface area contributed by atoms with Crippen molar-refractivity contribution < 1.29 is 14.3 Å². The molecule has 2 rings (SSSR count). The molecule has 6 nitrogen and oxygen atoms in total. The summed E-state index contributed by atoms with van der Waals surface area (Å²) in [6, 6.07) is 13.1. The summed E-state index contributed by atoms with van der Waals surface area (Å²) in [5, 5.41) is 0. The van der Waals surface area contributed by atoms with Crippen molar-refractivity contribution in [2.75, 3.05) is 33.4 Å². The zero-order valence-electron chi connectivity index (χ0n) is 17.8. The Balaban J connectivity index is 2.12. The van der Waals surface area contributed by atoms with Gasteiger partial charge in [-0.15, -0.1) is 0 Å². The third kappa shape index (κ3) is 7.06. The van der Waals surface area contributed by atoms with Gasteiger partial charge in [0.1, 0.15) is 6.54 Å². The molecule has 2 amide bonds. The molecule has 29 heavy (non-hydrogen) atoms. The van der Waals surface area contributed by atoms with Gasteiger partial charge in [0.25, 0.3) is 5.91 Å². The highest BCUT2D eigenvalue weighted by Crippen LogP contribution is 2.10. The predicted octanol–water partition coefficient (Wildman–Crippen LogP) is 3.33. The fourth-order valence-electron chi connectivity index (χ4n) is 3.18. The van der Waals surface area contributed by atoms with Crippen molar-refractivity contribution in [3.05, 3.63) is 59.9 Å². The van der Waals surface area contributed by atoms with E-state index in [4.69, 9.17) is 4.74 Å². The van der Waals surface area contributed by atoms with E-state index in [2.05, 4.69) is 6.92 Å². The standard InChI is InChI=1S/C23H33N3O3/c1-4-5-15-25(18-21-13-9-14-24(21)2)22(27)19-26(16-10-17-29-3)23(28)20-11-7-6-8-12-20/h6-9,11-14H,4-5,10,15-19H2,1-3H3. The summed E-state index contributed by atoms with van der Waals surface area (Å²) < 4.78 is 7.16. The molecule has 1 aromatic heterocycles. The molecule has 0 aliphatic heterocycles. The minimum atomic E-state index is -0.121. The van der Waals surface area contributed by atoms with E-state index in [0.717, 1.165) is 18.5 Å². The van der Waals surface area contributed by atoms with Crippen molar-refractivity contribution in [2.45, 2.75) is 32.7 Å². The predicted molar refractivity (Wildman–Crippen MR) is 115 cm³/mol. The molecule has 0 fully saturated rings. The lowest BCUT2D eigenvalue weighted by atomic mass is 10.2. The van der Waals surface area contributed by atoms with E-state index < -0.39 is 0 Å². The Labute approximate surface area is 174 Å². The zero-order valence-corrected chi connectivity index (χ0v) is 17.8. The van der Waals surface area contributed by atoms with Gasteiger partial charge < -0.3 is 19.1 Å². The van der Waals surface area contributed by atoms with E-state index in [1.54, 1.807) is 24.1 Å². The van der Waals surface area contributed by atoms with Crippen molar-refractivity contribution in [1.82, 2.24) is 14.4 Å². The fourth-order valence-corrected chi connectivity index (χ4v) is 3.18. The molecule has 0 atom stereocenters. The van der Waals surface area contributed by atoms with Crippen molar-refractivity contribution in [2.24, 2.45) is 7.05 Å². The van der Waals surface area contributed by atoms with Gasteiger partial charge in [-0.25, -0.2) is 0 Å². The summed E-state index contributed by atoms with van der Waals surface area (Å²) in [7, 11) is 3.62. The van der Waals surface area contributed by atoms with Crippen LogP contribution in [-0.2, 0) is 23.1 Å². The number of aryl methyl sites for hydroxylation is 1. The van der Waals surface area contributed by atoms with Crippen molar-refractivity contribution >= 4 is 11.8 Å². The number of rotatable bonds is 12. The summed E-state index contributed by atoms with van der Waals surface area (Å²) in [5.74, 6) is -0.147. The zero-order chi connectivity index (χ0) is 21.1. The monoisotopic (exact) mass is 399 g/mol. The van der Waals surface area contributed by atoms with E-state index in [1.165, 1.54) is 0 Å². The molecule has 6 heteroatoms. The molecule has 0 saturated heterocycles. The Bertz CT molecular complexity index is 758. The first-order valence-electron chi connectivity index (χ1n) is 10.3. The van der Waals surface area contributed by atoms with Crippen LogP contribution in [0.5, 0.6) is 0 Å². The van der Waals surface area contributed by atoms with Gasteiger partial charge >= 0.3 is 0 Å². The Morgan fingerprint density at radius 2 is 1.72 bits per heavy atom. The smallest absolute Gasteiger partial charge is 0.254 e. The summed E-state index contributed by atoms with van der Waals surface area (Å²) in [4.78, 5) is 29.7. The number of aromatic nitrogens is 1. The van der Waals surface area contributed by atoms with E-state index in [-0.39, 0.29) is 18.4 Å². The molecule has 0 saturated carbocycles. The number of carbonyl (C=O) groups is 2. The summed E-state index contributed by atoms with van der Waals surface area (Å²) in [6.45, 7) is 4.46. The van der Waals surface area contributed by atoms with Crippen LogP contribution in [0.4, 0.5) is 0 Å². The molecule has 158 valence electrons. The number of nitrogens with zero attached hydrogens (tertiary/aromatic N) is 3. The van der Waals surface area contributed by atoms with Crippen molar-refractivity contribution in [3.8, 4) is 0 Å². The minimum absolute atomic E-state index is 0.0265. The van der Waals surface area contributed by atoms with Crippen LogP contribution in [0.2, 0.25) is 0 Å². The fraction of sp³-hybridized carbons (Fsp3) is 0.478. The first-order chi connectivity index (χ1) is 14.1. The number of methoxy groups -OCH3 is 1. The van der Waals surface area contributed by atoms with Gasteiger partial charge in [-0.05, 0) is 37.1 Å².